The normalized spacial score (nSPS) is 27.2. The van der Waals surface area contributed by atoms with Gasteiger partial charge in [-0.15, -0.1) is 0 Å². The number of hydrogen-bond acceptors (Lipinski definition) is 3. The van der Waals surface area contributed by atoms with Gasteiger partial charge in [0, 0.05) is 30.4 Å². The molecule has 1 aliphatic carbocycles. The van der Waals surface area contributed by atoms with Crippen LogP contribution in [0.25, 0.3) is 5.65 Å². The lowest BCUT2D eigenvalue weighted by Gasteiger charge is -2.18. The van der Waals surface area contributed by atoms with Crippen molar-refractivity contribution in [2.45, 2.75) is 25.7 Å². The van der Waals surface area contributed by atoms with Crippen LogP contribution in [0.2, 0.25) is 0 Å². The maximum Gasteiger partial charge on any atom is 0.154 e. The van der Waals surface area contributed by atoms with Crippen LogP contribution in [0.5, 0.6) is 0 Å². The smallest absolute Gasteiger partial charge is 0.154 e. The van der Waals surface area contributed by atoms with Crippen LogP contribution in [0.4, 0.5) is 0 Å². The summed E-state index contributed by atoms with van der Waals surface area (Å²) in [5.41, 5.74) is 8.41. The van der Waals surface area contributed by atoms with E-state index in [-0.39, 0.29) is 10.8 Å². The monoisotopic (exact) mass is 216 g/mol. The maximum atomic E-state index is 5.94. The molecule has 0 saturated heterocycles. The van der Waals surface area contributed by atoms with E-state index in [0.29, 0.717) is 6.54 Å². The second-order valence-corrected chi connectivity index (χ2v) is 5.32. The lowest BCUT2D eigenvalue weighted by Crippen LogP contribution is -2.25. The second kappa shape index (κ2) is 2.83. The fourth-order valence-corrected chi connectivity index (χ4v) is 2.73. The van der Waals surface area contributed by atoms with Crippen molar-refractivity contribution < 1.29 is 0 Å². The third-order valence-electron chi connectivity index (χ3n) is 4.06. The molecule has 4 nitrogen and oxygen atoms in total. The van der Waals surface area contributed by atoms with Crippen LogP contribution in [0.1, 0.15) is 25.8 Å². The highest BCUT2D eigenvalue weighted by Gasteiger charge is 2.61. The van der Waals surface area contributed by atoms with E-state index in [0.717, 1.165) is 12.1 Å². The van der Waals surface area contributed by atoms with Gasteiger partial charge in [-0.3, -0.25) is 0 Å². The molecule has 2 heterocycles. The molecule has 0 aliphatic heterocycles. The molecule has 1 aliphatic rings. The summed E-state index contributed by atoms with van der Waals surface area (Å²) in [5.74, 6) is 0. The first-order valence-electron chi connectivity index (χ1n) is 5.59. The van der Waals surface area contributed by atoms with Crippen LogP contribution in [-0.2, 0) is 5.41 Å². The minimum Gasteiger partial charge on any atom is -0.330 e. The number of rotatable bonds is 2. The summed E-state index contributed by atoms with van der Waals surface area (Å²) in [6, 6.07) is 1.90. The maximum absolute atomic E-state index is 5.94. The Hall–Kier alpha value is -1.42. The van der Waals surface area contributed by atoms with Crippen molar-refractivity contribution in [1.82, 2.24) is 14.6 Å². The quantitative estimate of drug-likeness (QED) is 0.824. The van der Waals surface area contributed by atoms with E-state index in [1.165, 1.54) is 5.56 Å². The molecule has 2 N–H and O–H groups in total. The van der Waals surface area contributed by atoms with E-state index in [2.05, 4.69) is 30.1 Å². The summed E-state index contributed by atoms with van der Waals surface area (Å²) in [4.78, 5) is 4.41. The van der Waals surface area contributed by atoms with Gasteiger partial charge in [0.25, 0.3) is 0 Å². The molecule has 3 rings (SSSR count). The molecule has 0 aromatic carbocycles. The zero-order valence-electron chi connectivity index (χ0n) is 9.64. The van der Waals surface area contributed by atoms with Crippen LogP contribution in [0.15, 0.2) is 24.7 Å². The summed E-state index contributed by atoms with van der Waals surface area (Å²) in [5, 5.41) is 4.22. The van der Waals surface area contributed by atoms with Crippen molar-refractivity contribution in [3.8, 4) is 0 Å². The van der Waals surface area contributed by atoms with Gasteiger partial charge in [0.15, 0.2) is 5.65 Å². The Labute approximate surface area is 94.5 Å². The average molecular weight is 216 g/mol. The zero-order valence-corrected chi connectivity index (χ0v) is 9.64. The summed E-state index contributed by atoms with van der Waals surface area (Å²) >= 11 is 0. The lowest BCUT2D eigenvalue weighted by atomic mass is 9.90. The second-order valence-electron chi connectivity index (χ2n) is 5.32. The van der Waals surface area contributed by atoms with Gasteiger partial charge in [-0.05, 0) is 17.4 Å². The predicted molar refractivity (Wildman–Crippen MR) is 62.1 cm³/mol. The standard InChI is InChI=1S/C12H16N4/c1-11(2)7-12(11,8-13)9-5-14-10-3-4-15-16(10)6-9/h3-6H,7-8,13H2,1-2H3. The Bertz CT molecular complexity index is 543. The molecule has 0 bridgehead atoms. The number of nitrogens with two attached hydrogens (primary N) is 1. The summed E-state index contributed by atoms with van der Waals surface area (Å²) < 4.78 is 1.82. The molecule has 4 heteroatoms. The Morgan fingerprint density at radius 3 is 2.88 bits per heavy atom. The average Bonchev–Trinajstić information content (AvgIpc) is 2.63. The largest absolute Gasteiger partial charge is 0.330 e. The molecule has 1 atom stereocenters. The fraction of sp³-hybridized carbons (Fsp3) is 0.500. The molecular weight excluding hydrogens is 200 g/mol. The van der Waals surface area contributed by atoms with Crippen LogP contribution in [0, 0.1) is 5.41 Å². The van der Waals surface area contributed by atoms with Gasteiger partial charge in [-0.1, -0.05) is 13.8 Å². The first-order valence-corrected chi connectivity index (χ1v) is 5.59. The number of nitrogens with zero attached hydrogens (tertiary/aromatic N) is 3. The highest BCUT2D eigenvalue weighted by atomic mass is 15.2. The van der Waals surface area contributed by atoms with Crippen LogP contribution in [0.3, 0.4) is 0 Å². The third-order valence-corrected chi connectivity index (χ3v) is 4.06. The van der Waals surface area contributed by atoms with Gasteiger partial charge in [0.1, 0.15) is 0 Å². The van der Waals surface area contributed by atoms with Gasteiger partial charge in [0.05, 0.1) is 6.20 Å². The van der Waals surface area contributed by atoms with E-state index < -0.39 is 0 Å². The summed E-state index contributed by atoms with van der Waals surface area (Å²) in [6.07, 6.45) is 6.90. The number of aromatic nitrogens is 3. The zero-order chi connectivity index (χ0) is 11.4. The van der Waals surface area contributed by atoms with Crippen LogP contribution in [-0.4, -0.2) is 21.1 Å². The Balaban J connectivity index is 2.12. The molecular formula is C12H16N4. The number of fused-ring (bicyclic) bond motifs is 1. The Kier molecular flexibility index (Phi) is 1.73. The predicted octanol–water partition coefficient (Wildman–Crippen LogP) is 1.36. The molecule has 2 aromatic rings. The van der Waals surface area contributed by atoms with Gasteiger partial charge in [-0.25, -0.2) is 9.50 Å². The molecule has 1 unspecified atom stereocenters. The Morgan fingerprint density at radius 2 is 2.25 bits per heavy atom. The van der Waals surface area contributed by atoms with Crippen molar-refractivity contribution in [1.29, 1.82) is 0 Å². The highest BCUT2D eigenvalue weighted by Crippen LogP contribution is 2.63. The first kappa shape index (κ1) is 9.78. The molecule has 1 saturated carbocycles. The summed E-state index contributed by atoms with van der Waals surface area (Å²) in [7, 11) is 0. The summed E-state index contributed by atoms with van der Waals surface area (Å²) in [6.45, 7) is 5.19. The van der Waals surface area contributed by atoms with Crippen LogP contribution >= 0.6 is 0 Å². The molecule has 2 aromatic heterocycles. The van der Waals surface area contributed by atoms with E-state index >= 15 is 0 Å². The molecule has 1 fully saturated rings. The molecule has 0 amide bonds. The first-order chi connectivity index (χ1) is 7.59. The molecule has 84 valence electrons. The van der Waals surface area contributed by atoms with Crippen molar-refractivity contribution >= 4 is 5.65 Å². The van der Waals surface area contributed by atoms with E-state index in [9.17, 15) is 0 Å². The third kappa shape index (κ3) is 1.08. The fourth-order valence-electron chi connectivity index (χ4n) is 2.73. The van der Waals surface area contributed by atoms with E-state index in [1.807, 2.05) is 16.8 Å². The minimum atomic E-state index is 0.0974. The number of hydrogen-bond donors (Lipinski definition) is 1. The van der Waals surface area contributed by atoms with Gasteiger partial charge in [0.2, 0.25) is 0 Å². The molecule has 16 heavy (non-hydrogen) atoms. The van der Waals surface area contributed by atoms with Crippen molar-refractivity contribution in [2.24, 2.45) is 11.1 Å². The lowest BCUT2D eigenvalue weighted by molar-refractivity contribution is 0.499. The van der Waals surface area contributed by atoms with Crippen molar-refractivity contribution in [2.75, 3.05) is 6.54 Å². The van der Waals surface area contributed by atoms with Gasteiger partial charge in [-0.2, -0.15) is 5.10 Å². The molecule has 0 radical (unpaired) electrons. The van der Waals surface area contributed by atoms with Gasteiger partial charge >= 0.3 is 0 Å². The minimum absolute atomic E-state index is 0.0974. The van der Waals surface area contributed by atoms with Crippen LogP contribution < -0.4 is 5.73 Å². The highest BCUT2D eigenvalue weighted by molar-refractivity contribution is 5.41. The van der Waals surface area contributed by atoms with Crippen molar-refractivity contribution in [3.63, 3.8) is 0 Å². The van der Waals surface area contributed by atoms with E-state index in [1.54, 1.807) is 6.20 Å². The molecule has 0 spiro atoms. The van der Waals surface area contributed by atoms with Gasteiger partial charge < -0.3 is 5.73 Å². The van der Waals surface area contributed by atoms with Crippen molar-refractivity contribution in [3.05, 3.63) is 30.2 Å². The Morgan fingerprint density at radius 1 is 1.50 bits per heavy atom. The SMILES string of the molecule is CC1(C)CC1(CN)c1cnc2ccnn2c1. The van der Waals surface area contributed by atoms with E-state index in [4.69, 9.17) is 5.73 Å². The topological polar surface area (TPSA) is 56.2 Å².